The van der Waals surface area contributed by atoms with Crippen molar-refractivity contribution in [3.63, 3.8) is 0 Å². The number of hydrogen-bond donors (Lipinski definition) is 2. The summed E-state index contributed by atoms with van der Waals surface area (Å²) < 4.78 is 5.65. The normalized spacial score (nSPS) is 10.4. The summed E-state index contributed by atoms with van der Waals surface area (Å²) in [6.45, 7) is 0. The summed E-state index contributed by atoms with van der Waals surface area (Å²) in [5, 5.41) is 19.7. The minimum absolute atomic E-state index is 0.0619. The molecule has 0 atom stereocenters. The van der Waals surface area contributed by atoms with Gasteiger partial charge >= 0.3 is 11.9 Å². The highest BCUT2D eigenvalue weighted by molar-refractivity contribution is 6.04. The van der Waals surface area contributed by atoms with E-state index in [4.69, 9.17) is 9.84 Å². The Morgan fingerprint density at radius 3 is 2.22 bits per heavy atom. The fraction of sp³-hybridized carbons (Fsp3) is 0. The fourth-order valence-electron chi connectivity index (χ4n) is 2.37. The van der Waals surface area contributed by atoms with Crippen LogP contribution in [0.3, 0.4) is 0 Å². The van der Waals surface area contributed by atoms with Crippen molar-refractivity contribution in [2.24, 2.45) is 0 Å². The average Bonchev–Trinajstić information content (AvgIpc) is 2.54. The van der Waals surface area contributed by atoms with Gasteiger partial charge in [0.05, 0.1) is 5.56 Å². The lowest BCUT2D eigenvalue weighted by molar-refractivity contribution is 0.0685. The second-order valence-electron chi connectivity index (χ2n) is 4.90. The quantitative estimate of drug-likeness (QED) is 0.760. The van der Waals surface area contributed by atoms with Crippen LogP contribution >= 0.6 is 0 Å². The first-order valence-electron chi connectivity index (χ1n) is 6.82. The molecule has 2 N–H and O–H groups in total. The van der Waals surface area contributed by atoms with Crippen LogP contribution in [0.1, 0.15) is 20.7 Å². The Kier molecular flexibility index (Phi) is 3.68. The number of carboxylic acids is 2. The molecule has 0 amide bonds. The number of hydrogen-bond acceptors (Lipinski definition) is 3. The van der Waals surface area contributed by atoms with Crippen molar-refractivity contribution in [2.75, 3.05) is 0 Å². The summed E-state index contributed by atoms with van der Waals surface area (Å²) in [4.78, 5) is 22.4. The van der Waals surface area contributed by atoms with Crippen LogP contribution in [0.4, 0.5) is 0 Å². The molecule has 0 saturated heterocycles. The van der Waals surface area contributed by atoms with Crippen LogP contribution in [0.5, 0.6) is 11.5 Å². The largest absolute Gasteiger partial charge is 0.478 e. The number of carbonyl (C=O) groups is 2. The summed E-state index contributed by atoms with van der Waals surface area (Å²) in [6, 6.07) is 16.2. The summed E-state index contributed by atoms with van der Waals surface area (Å²) >= 11 is 0. The molecule has 0 bridgehead atoms. The molecule has 3 aromatic rings. The Hall–Kier alpha value is -3.34. The Morgan fingerprint density at radius 1 is 0.783 bits per heavy atom. The van der Waals surface area contributed by atoms with E-state index >= 15 is 0 Å². The molecule has 0 fully saturated rings. The number of aromatic carboxylic acids is 2. The number of fused-ring (bicyclic) bond motifs is 1. The lowest BCUT2D eigenvalue weighted by Gasteiger charge is -2.10. The Bertz CT molecular complexity index is 914. The van der Waals surface area contributed by atoms with Crippen LogP contribution in [-0.4, -0.2) is 22.2 Å². The summed E-state index contributed by atoms with van der Waals surface area (Å²) in [5.41, 5.74) is 0.270. The maximum Gasteiger partial charge on any atom is 0.339 e. The molecule has 0 unspecified atom stereocenters. The molecule has 0 saturated carbocycles. The molecule has 0 spiro atoms. The average molecular weight is 308 g/mol. The molecule has 0 aliphatic heterocycles. The molecule has 5 heteroatoms. The topological polar surface area (TPSA) is 83.8 Å². The third-order valence-electron chi connectivity index (χ3n) is 3.43. The van der Waals surface area contributed by atoms with Gasteiger partial charge in [-0.25, -0.2) is 9.59 Å². The van der Waals surface area contributed by atoms with Gasteiger partial charge in [0.25, 0.3) is 0 Å². The zero-order valence-electron chi connectivity index (χ0n) is 11.9. The van der Waals surface area contributed by atoms with E-state index in [1.807, 2.05) is 0 Å². The van der Waals surface area contributed by atoms with E-state index in [-0.39, 0.29) is 16.9 Å². The van der Waals surface area contributed by atoms with Gasteiger partial charge in [0.1, 0.15) is 17.1 Å². The van der Waals surface area contributed by atoms with E-state index in [0.29, 0.717) is 16.5 Å². The predicted molar refractivity (Wildman–Crippen MR) is 84.4 cm³/mol. The molecule has 114 valence electrons. The fourth-order valence-corrected chi connectivity index (χ4v) is 2.37. The van der Waals surface area contributed by atoms with Gasteiger partial charge in [0.15, 0.2) is 0 Å². The first kappa shape index (κ1) is 14.6. The van der Waals surface area contributed by atoms with Crippen LogP contribution in [-0.2, 0) is 0 Å². The summed E-state index contributed by atoms with van der Waals surface area (Å²) in [6.07, 6.45) is 0. The zero-order chi connectivity index (χ0) is 16.4. The van der Waals surface area contributed by atoms with Crippen LogP contribution in [0.2, 0.25) is 0 Å². The maximum absolute atomic E-state index is 11.2. The lowest BCUT2D eigenvalue weighted by Crippen LogP contribution is -2.00. The molecule has 0 radical (unpaired) electrons. The third-order valence-corrected chi connectivity index (χ3v) is 3.43. The van der Waals surface area contributed by atoms with Crippen molar-refractivity contribution in [3.05, 3.63) is 71.8 Å². The van der Waals surface area contributed by atoms with E-state index < -0.39 is 11.9 Å². The number of rotatable bonds is 4. The number of carboxylic acid groups (broad SMARTS) is 2. The Balaban J connectivity index is 2.03. The van der Waals surface area contributed by atoms with Gasteiger partial charge in [0, 0.05) is 0 Å². The van der Waals surface area contributed by atoms with Gasteiger partial charge in [-0.05, 0) is 47.2 Å². The molecule has 3 rings (SSSR count). The molecule has 23 heavy (non-hydrogen) atoms. The van der Waals surface area contributed by atoms with E-state index in [0.717, 1.165) is 0 Å². The van der Waals surface area contributed by atoms with Crippen molar-refractivity contribution < 1.29 is 24.5 Å². The van der Waals surface area contributed by atoms with Crippen LogP contribution in [0.15, 0.2) is 60.7 Å². The highest BCUT2D eigenvalue weighted by Crippen LogP contribution is 2.29. The molecule has 0 aromatic heterocycles. The lowest BCUT2D eigenvalue weighted by atomic mass is 10.0. The van der Waals surface area contributed by atoms with Crippen molar-refractivity contribution in [1.29, 1.82) is 0 Å². The van der Waals surface area contributed by atoms with Crippen molar-refractivity contribution in [3.8, 4) is 11.5 Å². The second kappa shape index (κ2) is 5.81. The molecule has 0 aliphatic carbocycles. The van der Waals surface area contributed by atoms with E-state index in [1.54, 1.807) is 48.5 Å². The number of benzene rings is 3. The van der Waals surface area contributed by atoms with Gasteiger partial charge in [-0.15, -0.1) is 0 Å². The first-order valence-corrected chi connectivity index (χ1v) is 6.82. The maximum atomic E-state index is 11.2. The van der Waals surface area contributed by atoms with Crippen molar-refractivity contribution in [2.45, 2.75) is 0 Å². The highest BCUT2D eigenvalue weighted by Gasteiger charge is 2.12. The van der Waals surface area contributed by atoms with Crippen LogP contribution in [0, 0.1) is 0 Å². The molecule has 5 nitrogen and oxygen atoms in total. The third kappa shape index (κ3) is 2.85. The van der Waals surface area contributed by atoms with Gasteiger partial charge in [-0.2, -0.15) is 0 Å². The number of ether oxygens (including phenoxy) is 1. The van der Waals surface area contributed by atoms with E-state index in [1.165, 1.54) is 12.1 Å². The zero-order valence-corrected chi connectivity index (χ0v) is 11.9. The van der Waals surface area contributed by atoms with Gasteiger partial charge in [-0.3, -0.25) is 0 Å². The van der Waals surface area contributed by atoms with Crippen LogP contribution in [0.25, 0.3) is 10.8 Å². The smallest absolute Gasteiger partial charge is 0.339 e. The van der Waals surface area contributed by atoms with Gasteiger partial charge in [-0.1, -0.05) is 24.3 Å². The summed E-state index contributed by atoms with van der Waals surface area (Å²) in [5.74, 6) is -1.41. The number of para-hydroxylation sites is 1. The Morgan fingerprint density at radius 2 is 1.48 bits per heavy atom. The molecule has 3 aromatic carbocycles. The monoisotopic (exact) mass is 308 g/mol. The predicted octanol–water partition coefficient (Wildman–Crippen LogP) is 4.03. The SMILES string of the molecule is O=C(O)c1ccccc1Oc1ccc2c(C(=O)O)cccc2c1. The van der Waals surface area contributed by atoms with Gasteiger partial charge in [0.2, 0.25) is 0 Å². The molecule has 0 aliphatic rings. The standard InChI is InChI=1S/C18H12O5/c19-17(20)14-6-3-4-11-10-12(8-9-13(11)14)23-16-7-2-1-5-15(16)18(21)22/h1-10H,(H,19,20)(H,21,22). The highest BCUT2D eigenvalue weighted by atomic mass is 16.5. The first-order chi connectivity index (χ1) is 11.1. The second-order valence-corrected chi connectivity index (χ2v) is 4.90. The van der Waals surface area contributed by atoms with E-state index in [2.05, 4.69) is 0 Å². The molecule has 0 heterocycles. The van der Waals surface area contributed by atoms with Crippen LogP contribution < -0.4 is 4.74 Å². The van der Waals surface area contributed by atoms with Crippen molar-refractivity contribution in [1.82, 2.24) is 0 Å². The minimum Gasteiger partial charge on any atom is -0.478 e. The molecular weight excluding hydrogens is 296 g/mol. The minimum atomic E-state index is -1.07. The van der Waals surface area contributed by atoms with Gasteiger partial charge < -0.3 is 14.9 Å². The molecular formula is C18H12O5. The Labute approximate surface area is 131 Å². The summed E-state index contributed by atoms with van der Waals surface area (Å²) in [7, 11) is 0. The van der Waals surface area contributed by atoms with E-state index in [9.17, 15) is 14.7 Å². The van der Waals surface area contributed by atoms with Crippen molar-refractivity contribution >= 4 is 22.7 Å².